The molecule has 2 rings (SSSR count). The summed E-state index contributed by atoms with van der Waals surface area (Å²) in [7, 11) is 0. The van der Waals surface area contributed by atoms with Gasteiger partial charge in [0.1, 0.15) is 5.82 Å². The van der Waals surface area contributed by atoms with Crippen LogP contribution in [-0.4, -0.2) is 0 Å². The third kappa shape index (κ3) is 2.65. The highest BCUT2D eigenvalue weighted by atomic mass is 35.5. The van der Waals surface area contributed by atoms with Gasteiger partial charge >= 0.3 is 0 Å². The van der Waals surface area contributed by atoms with Gasteiger partial charge in [0.05, 0.1) is 6.04 Å². The topological polar surface area (TPSA) is 38.0 Å². The van der Waals surface area contributed by atoms with E-state index in [-0.39, 0.29) is 5.82 Å². The monoisotopic (exact) mass is 284 g/mol. The molecule has 0 amide bonds. The summed E-state index contributed by atoms with van der Waals surface area (Å²) in [5.41, 5.74) is 3.62. The van der Waals surface area contributed by atoms with Crippen LogP contribution in [0.5, 0.6) is 0 Å². The van der Waals surface area contributed by atoms with Crippen LogP contribution >= 0.6 is 23.2 Å². The highest BCUT2D eigenvalue weighted by Crippen LogP contribution is 2.30. The summed E-state index contributed by atoms with van der Waals surface area (Å²) >= 11 is 12.0. The molecule has 0 saturated carbocycles. The van der Waals surface area contributed by atoms with Crippen molar-refractivity contribution in [3.63, 3.8) is 0 Å². The summed E-state index contributed by atoms with van der Waals surface area (Å²) in [6.07, 6.45) is 0. The van der Waals surface area contributed by atoms with Crippen LogP contribution in [0.4, 0.5) is 4.39 Å². The molecule has 0 bridgehead atoms. The molecule has 0 fully saturated rings. The average Bonchev–Trinajstić information content (AvgIpc) is 2.36. The van der Waals surface area contributed by atoms with E-state index in [1.54, 1.807) is 18.2 Å². The maximum absolute atomic E-state index is 13.8. The van der Waals surface area contributed by atoms with E-state index in [4.69, 9.17) is 29.0 Å². The molecule has 2 aromatic rings. The predicted octanol–water partition coefficient (Wildman–Crippen LogP) is 3.69. The van der Waals surface area contributed by atoms with E-state index in [0.29, 0.717) is 21.2 Å². The Morgan fingerprint density at radius 3 is 2.44 bits per heavy atom. The van der Waals surface area contributed by atoms with E-state index in [1.165, 1.54) is 18.2 Å². The lowest BCUT2D eigenvalue weighted by atomic mass is 9.99. The molecule has 0 radical (unpaired) electrons. The van der Waals surface area contributed by atoms with Gasteiger partial charge in [-0.05, 0) is 29.8 Å². The number of nitrogens with two attached hydrogens (primary N) is 1. The van der Waals surface area contributed by atoms with E-state index >= 15 is 0 Å². The Morgan fingerprint density at radius 2 is 1.78 bits per heavy atom. The molecular formula is C13H11Cl2FN2. The van der Waals surface area contributed by atoms with Gasteiger partial charge in [0.15, 0.2) is 0 Å². The van der Waals surface area contributed by atoms with Gasteiger partial charge in [0.25, 0.3) is 0 Å². The summed E-state index contributed by atoms with van der Waals surface area (Å²) in [6, 6.07) is 10.9. The van der Waals surface area contributed by atoms with Crippen molar-refractivity contribution in [2.24, 2.45) is 5.84 Å². The molecule has 0 aliphatic heterocycles. The molecular weight excluding hydrogens is 274 g/mol. The second-order valence-electron chi connectivity index (χ2n) is 3.79. The molecule has 5 heteroatoms. The maximum atomic E-state index is 13.8. The zero-order valence-corrected chi connectivity index (χ0v) is 10.8. The van der Waals surface area contributed by atoms with Crippen LogP contribution in [0, 0.1) is 5.82 Å². The predicted molar refractivity (Wildman–Crippen MR) is 72.0 cm³/mol. The third-order valence-electron chi connectivity index (χ3n) is 2.65. The van der Waals surface area contributed by atoms with E-state index in [2.05, 4.69) is 5.43 Å². The number of hydrogen-bond donors (Lipinski definition) is 2. The fourth-order valence-electron chi connectivity index (χ4n) is 1.79. The molecule has 94 valence electrons. The Kier molecular flexibility index (Phi) is 4.19. The number of hydrogen-bond acceptors (Lipinski definition) is 2. The SMILES string of the molecule is NNC(c1cc(Cl)ccc1F)c1ccccc1Cl. The number of rotatable bonds is 3. The van der Waals surface area contributed by atoms with Crippen LogP contribution in [0.2, 0.25) is 10.0 Å². The molecule has 0 aliphatic rings. The zero-order chi connectivity index (χ0) is 13.1. The fraction of sp³-hybridized carbons (Fsp3) is 0.0769. The van der Waals surface area contributed by atoms with Crippen molar-refractivity contribution in [1.29, 1.82) is 0 Å². The van der Waals surface area contributed by atoms with Gasteiger partial charge in [-0.15, -0.1) is 0 Å². The average molecular weight is 285 g/mol. The molecule has 0 saturated heterocycles. The van der Waals surface area contributed by atoms with Crippen molar-refractivity contribution in [3.8, 4) is 0 Å². The third-order valence-corrected chi connectivity index (χ3v) is 3.23. The van der Waals surface area contributed by atoms with Crippen LogP contribution in [0.15, 0.2) is 42.5 Å². The van der Waals surface area contributed by atoms with Gasteiger partial charge in [-0.2, -0.15) is 0 Å². The largest absolute Gasteiger partial charge is 0.271 e. The van der Waals surface area contributed by atoms with Crippen LogP contribution < -0.4 is 11.3 Å². The summed E-state index contributed by atoms with van der Waals surface area (Å²) in [6.45, 7) is 0. The number of benzene rings is 2. The minimum Gasteiger partial charge on any atom is -0.271 e. The summed E-state index contributed by atoms with van der Waals surface area (Å²) < 4.78 is 13.8. The van der Waals surface area contributed by atoms with Gasteiger partial charge in [-0.3, -0.25) is 5.84 Å². The van der Waals surface area contributed by atoms with Crippen LogP contribution in [-0.2, 0) is 0 Å². The Labute approximate surface area is 114 Å². The molecule has 1 atom stereocenters. The number of hydrazine groups is 1. The van der Waals surface area contributed by atoms with Gasteiger partial charge in [0.2, 0.25) is 0 Å². The lowest BCUT2D eigenvalue weighted by Gasteiger charge is -2.19. The number of halogens is 3. The summed E-state index contributed by atoms with van der Waals surface area (Å²) in [5.74, 6) is 5.12. The zero-order valence-electron chi connectivity index (χ0n) is 9.33. The minimum atomic E-state index is -0.544. The van der Waals surface area contributed by atoms with Gasteiger partial charge in [-0.1, -0.05) is 41.4 Å². The molecule has 1 unspecified atom stereocenters. The Morgan fingerprint density at radius 1 is 1.06 bits per heavy atom. The van der Waals surface area contributed by atoms with Gasteiger partial charge in [-0.25, -0.2) is 9.82 Å². The second kappa shape index (κ2) is 5.67. The first-order chi connectivity index (χ1) is 8.63. The van der Waals surface area contributed by atoms with Gasteiger partial charge in [0, 0.05) is 15.6 Å². The van der Waals surface area contributed by atoms with E-state index in [1.807, 2.05) is 6.07 Å². The maximum Gasteiger partial charge on any atom is 0.128 e. The smallest absolute Gasteiger partial charge is 0.128 e. The van der Waals surface area contributed by atoms with Crippen LogP contribution in [0.25, 0.3) is 0 Å². The van der Waals surface area contributed by atoms with Crippen molar-refractivity contribution >= 4 is 23.2 Å². The highest BCUT2D eigenvalue weighted by molar-refractivity contribution is 6.31. The molecule has 0 heterocycles. The number of nitrogens with one attached hydrogen (secondary N) is 1. The first-order valence-electron chi connectivity index (χ1n) is 5.29. The molecule has 3 N–H and O–H groups in total. The van der Waals surface area contributed by atoms with Crippen LogP contribution in [0.3, 0.4) is 0 Å². The Bertz CT molecular complexity index is 560. The lowest BCUT2D eigenvalue weighted by molar-refractivity contribution is 0.560. The standard InChI is InChI=1S/C13H11Cl2FN2/c14-8-5-6-12(16)10(7-8)13(18-17)9-3-1-2-4-11(9)15/h1-7,13,18H,17H2. The van der Waals surface area contributed by atoms with Gasteiger partial charge < -0.3 is 0 Å². The lowest BCUT2D eigenvalue weighted by Crippen LogP contribution is -2.29. The Hall–Kier alpha value is -1.13. The minimum absolute atomic E-state index is 0.359. The molecule has 2 aromatic carbocycles. The second-order valence-corrected chi connectivity index (χ2v) is 4.63. The highest BCUT2D eigenvalue weighted by Gasteiger charge is 2.19. The molecule has 0 aliphatic carbocycles. The first kappa shape index (κ1) is 13.3. The fourth-order valence-corrected chi connectivity index (χ4v) is 2.22. The molecule has 2 nitrogen and oxygen atoms in total. The quantitative estimate of drug-likeness (QED) is 0.666. The van der Waals surface area contributed by atoms with Crippen molar-refractivity contribution in [2.75, 3.05) is 0 Å². The summed E-state index contributed by atoms with van der Waals surface area (Å²) in [5, 5.41) is 0.957. The van der Waals surface area contributed by atoms with Crippen molar-refractivity contribution in [1.82, 2.24) is 5.43 Å². The van der Waals surface area contributed by atoms with Crippen LogP contribution in [0.1, 0.15) is 17.2 Å². The first-order valence-corrected chi connectivity index (χ1v) is 6.04. The molecule has 0 spiro atoms. The van der Waals surface area contributed by atoms with E-state index in [0.717, 1.165) is 0 Å². The summed E-state index contributed by atoms with van der Waals surface area (Å²) in [4.78, 5) is 0. The normalized spacial score (nSPS) is 12.4. The van der Waals surface area contributed by atoms with Crippen molar-refractivity contribution < 1.29 is 4.39 Å². The molecule has 0 aromatic heterocycles. The van der Waals surface area contributed by atoms with E-state index < -0.39 is 6.04 Å². The molecule has 18 heavy (non-hydrogen) atoms. The van der Waals surface area contributed by atoms with Crippen molar-refractivity contribution in [3.05, 3.63) is 69.5 Å². The van der Waals surface area contributed by atoms with Crippen molar-refractivity contribution in [2.45, 2.75) is 6.04 Å². The Balaban J connectivity index is 2.52. The van der Waals surface area contributed by atoms with E-state index in [9.17, 15) is 4.39 Å².